The van der Waals surface area contributed by atoms with Crippen LogP contribution >= 0.6 is 0 Å². The maximum Gasteiger partial charge on any atom is 0.257 e. The average Bonchev–Trinajstić information content (AvgIpc) is 3.28. The molecule has 0 aliphatic rings. The molecule has 176 valence electrons. The molecule has 8 nitrogen and oxygen atoms in total. The summed E-state index contributed by atoms with van der Waals surface area (Å²) in [6.07, 6.45) is 2.79. The van der Waals surface area contributed by atoms with Crippen molar-refractivity contribution >= 4 is 5.91 Å². The van der Waals surface area contributed by atoms with E-state index in [0.29, 0.717) is 23.5 Å². The molecule has 4 rings (SSSR count). The van der Waals surface area contributed by atoms with Gasteiger partial charge < -0.3 is 4.90 Å². The van der Waals surface area contributed by atoms with Gasteiger partial charge in [0.05, 0.1) is 34.0 Å². The number of hydrogen-bond donors (Lipinski definition) is 0. The number of benzene rings is 1. The summed E-state index contributed by atoms with van der Waals surface area (Å²) >= 11 is 0. The van der Waals surface area contributed by atoms with Crippen LogP contribution in [0.2, 0.25) is 0 Å². The summed E-state index contributed by atoms with van der Waals surface area (Å²) in [5, 5.41) is 9.31. The summed E-state index contributed by atoms with van der Waals surface area (Å²) in [5.74, 6) is 0.235. The first-order valence-corrected chi connectivity index (χ1v) is 11.1. The van der Waals surface area contributed by atoms with Gasteiger partial charge in [-0.15, -0.1) is 0 Å². The molecular formula is C25H28FN7O. The van der Waals surface area contributed by atoms with Crippen LogP contribution in [0.3, 0.4) is 0 Å². The zero-order valence-electron chi connectivity index (χ0n) is 20.3. The molecule has 0 unspecified atom stereocenters. The third-order valence-corrected chi connectivity index (χ3v) is 5.89. The Hall–Kier alpha value is -3.88. The quantitative estimate of drug-likeness (QED) is 0.438. The maximum absolute atomic E-state index is 13.4. The molecular weight excluding hydrogens is 433 g/mol. The molecule has 34 heavy (non-hydrogen) atoms. The van der Waals surface area contributed by atoms with E-state index in [9.17, 15) is 9.18 Å². The lowest BCUT2D eigenvalue weighted by atomic mass is 10.0. The van der Waals surface area contributed by atoms with Gasteiger partial charge >= 0.3 is 0 Å². The Morgan fingerprint density at radius 2 is 1.79 bits per heavy atom. The number of nitrogens with zero attached hydrogens (tertiary/aromatic N) is 7. The minimum Gasteiger partial charge on any atom is -0.345 e. The number of aromatic nitrogens is 6. The molecule has 1 amide bonds. The fourth-order valence-electron chi connectivity index (χ4n) is 4.27. The van der Waals surface area contributed by atoms with Gasteiger partial charge in [-0.25, -0.2) is 19.0 Å². The third kappa shape index (κ3) is 4.21. The van der Waals surface area contributed by atoms with Gasteiger partial charge in [-0.2, -0.15) is 10.2 Å². The Bertz CT molecular complexity index is 1350. The van der Waals surface area contributed by atoms with E-state index in [1.54, 1.807) is 35.8 Å². The number of amides is 1. The molecule has 0 saturated heterocycles. The number of halogens is 1. The summed E-state index contributed by atoms with van der Waals surface area (Å²) in [7, 11) is 5.34. The molecule has 0 radical (unpaired) electrons. The highest BCUT2D eigenvalue weighted by atomic mass is 19.1. The molecule has 0 saturated carbocycles. The monoisotopic (exact) mass is 461 g/mol. The second-order valence-corrected chi connectivity index (χ2v) is 8.46. The van der Waals surface area contributed by atoms with Crippen molar-refractivity contribution in [2.45, 2.75) is 33.6 Å². The molecule has 3 heterocycles. The van der Waals surface area contributed by atoms with Gasteiger partial charge in [0.25, 0.3) is 5.91 Å². The van der Waals surface area contributed by atoms with E-state index in [1.165, 1.54) is 18.5 Å². The predicted molar refractivity (Wildman–Crippen MR) is 127 cm³/mol. The van der Waals surface area contributed by atoms with E-state index in [1.807, 2.05) is 31.6 Å². The summed E-state index contributed by atoms with van der Waals surface area (Å²) in [4.78, 5) is 23.0. The predicted octanol–water partition coefficient (Wildman–Crippen LogP) is 3.67. The van der Waals surface area contributed by atoms with Crippen LogP contribution in [-0.2, 0) is 19.9 Å². The highest BCUT2D eigenvalue weighted by Crippen LogP contribution is 2.28. The minimum absolute atomic E-state index is 0.0927. The Labute approximate surface area is 198 Å². The smallest absolute Gasteiger partial charge is 0.257 e. The van der Waals surface area contributed by atoms with Crippen molar-refractivity contribution in [1.82, 2.24) is 34.4 Å². The number of hydrogen-bond acceptors (Lipinski definition) is 5. The normalized spacial score (nSPS) is 11.1. The number of rotatable bonds is 6. The molecule has 4 aromatic rings. The summed E-state index contributed by atoms with van der Waals surface area (Å²) < 4.78 is 16.9. The van der Waals surface area contributed by atoms with Crippen LogP contribution in [0.1, 0.15) is 45.6 Å². The lowest BCUT2D eigenvalue weighted by Gasteiger charge is -2.10. The Morgan fingerprint density at radius 3 is 2.44 bits per heavy atom. The molecule has 0 atom stereocenters. The van der Waals surface area contributed by atoms with Gasteiger partial charge in [-0.05, 0) is 44.5 Å². The second-order valence-electron chi connectivity index (χ2n) is 8.46. The van der Waals surface area contributed by atoms with Crippen LogP contribution in [0.4, 0.5) is 4.39 Å². The average molecular weight is 462 g/mol. The van der Waals surface area contributed by atoms with Crippen molar-refractivity contribution in [3.63, 3.8) is 0 Å². The third-order valence-electron chi connectivity index (χ3n) is 5.89. The van der Waals surface area contributed by atoms with E-state index < -0.39 is 0 Å². The minimum atomic E-state index is -0.266. The van der Waals surface area contributed by atoms with Crippen molar-refractivity contribution in [2.75, 3.05) is 14.1 Å². The highest BCUT2D eigenvalue weighted by molar-refractivity contribution is 5.96. The summed E-state index contributed by atoms with van der Waals surface area (Å²) in [6.45, 7) is 5.76. The largest absolute Gasteiger partial charge is 0.345 e. The van der Waals surface area contributed by atoms with E-state index in [0.717, 1.165) is 40.3 Å². The fourth-order valence-corrected chi connectivity index (χ4v) is 4.27. The molecule has 0 bridgehead atoms. The van der Waals surface area contributed by atoms with Gasteiger partial charge in [0.1, 0.15) is 12.1 Å². The van der Waals surface area contributed by atoms with Crippen molar-refractivity contribution < 1.29 is 9.18 Å². The standard InChI is InChI=1S/C25H28FN7O/c1-7-20-21(30-32(6)24(20)17-8-10-18(26)11-9-17)12-19-13-22(28-14-27-19)33-16(3)23(15(2)29-33)25(34)31(4)5/h8-11,13-14H,7,12H2,1-6H3. The highest BCUT2D eigenvalue weighted by Gasteiger charge is 2.22. The molecule has 1 aromatic carbocycles. The number of carbonyl (C=O) groups excluding carboxylic acids is 1. The van der Waals surface area contributed by atoms with Gasteiger partial charge in [0.15, 0.2) is 5.82 Å². The van der Waals surface area contributed by atoms with Crippen molar-refractivity contribution in [2.24, 2.45) is 7.05 Å². The van der Waals surface area contributed by atoms with Gasteiger partial charge in [0.2, 0.25) is 0 Å². The maximum atomic E-state index is 13.4. The summed E-state index contributed by atoms with van der Waals surface area (Å²) in [6, 6.07) is 8.33. The molecule has 0 aliphatic heterocycles. The first-order chi connectivity index (χ1) is 16.2. The van der Waals surface area contributed by atoms with Gasteiger partial charge in [-0.1, -0.05) is 6.92 Å². The molecule has 0 N–H and O–H groups in total. The zero-order valence-corrected chi connectivity index (χ0v) is 20.3. The van der Waals surface area contributed by atoms with Crippen LogP contribution in [0.5, 0.6) is 0 Å². The molecule has 3 aromatic heterocycles. The molecule has 0 spiro atoms. The summed E-state index contributed by atoms with van der Waals surface area (Å²) in [5.41, 5.74) is 6.64. The molecule has 0 fully saturated rings. The van der Waals surface area contributed by atoms with Crippen LogP contribution in [-0.4, -0.2) is 54.4 Å². The van der Waals surface area contributed by atoms with Crippen molar-refractivity contribution in [3.8, 4) is 17.1 Å². The van der Waals surface area contributed by atoms with E-state index >= 15 is 0 Å². The van der Waals surface area contributed by atoms with Crippen LogP contribution in [0.25, 0.3) is 17.1 Å². The Balaban J connectivity index is 1.70. The van der Waals surface area contributed by atoms with Crippen LogP contribution in [0, 0.1) is 19.7 Å². The molecule has 9 heteroatoms. The lowest BCUT2D eigenvalue weighted by molar-refractivity contribution is 0.0826. The SMILES string of the molecule is CCc1c(Cc2cc(-n3nc(C)c(C(=O)N(C)C)c3C)ncn2)nn(C)c1-c1ccc(F)cc1. The fraction of sp³-hybridized carbons (Fsp3) is 0.320. The van der Waals surface area contributed by atoms with E-state index in [4.69, 9.17) is 5.10 Å². The Kier molecular flexibility index (Phi) is 6.28. The van der Waals surface area contributed by atoms with Crippen LogP contribution < -0.4 is 0 Å². The van der Waals surface area contributed by atoms with Crippen molar-refractivity contribution in [1.29, 1.82) is 0 Å². The van der Waals surface area contributed by atoms with Gasteiger partial charge in [-0.3, -0.25) is 9.48 Å². The first-order valence-electron chi connectivity index (χ1n) is 11.1. The van der Waals surface area contributed by atoms with Gasteiger partial charge in [0, 0.05) is 44.8 Å². The van der Waals surface area contributed by atoms with Crippen molar-refractivity contribution in [3.05, 3.63) is 76.4 Å². The zero-order chi connectivity index (χ0) is 24.6. The first kappa shape index (κ1) is 23.3. The van der Waals surface area contributed by atoms with Crippen LogP contribution in [0.15, 0.2) is 36.7 Å². The topological polar surface area (TPSA) is 81.7 Å². The van der Waals surface area contributed by atoms with E-state index in [-0.39, 0.29) is 11.7 Å². The molecule has 0 aliphatic carbocycles. The Morgan fingerprint density at radius 1 is 1.09 bits per heavy atom. The second kappa shape index (κ2) is 9.17. The lowest BCUT2D eigenvalue weighted by Crippen LogP contribution is -2.23. The number of carbonyl (C=O) groups is 1. The van der Waals surface area contributed by atoms with E-state index in [2.05, 4.69) is 22.0 Å². The number of aryl methyl sites for hydroxylation is 2.